The number of nitrogens with zero attached hydrogens (tertiary/aromatic N) is 3. The highest BCUT2D eigenvalue weighted by Crippen LogP contribution is 2.32. The number of hydrogen-bond donors (Lipinski definition) is 0. The van der Waals surface area contributed by atoms with E-state index in [0.717, 1.165) is 11.3 Å². The molecular weight excluding hydrogens is 350 g/mol. The van der Waals surface area contributed by atoms with Gasteiger partial charge in [0.15, 0.2) is 0 Å². The van der Waals surface area contributed by atoms with Crippen molar-refractivity contribution in [2.45, 2.75) is 17.4 Å². The minimum absolute atomic E-state index is 0.0433. The average Bonchev–Trinajstić information content (AvgIpc) is 3.15. The fraction of sp³-hybridized carbons (Fsp3) is 0.211. The van der Waals surface area contributed by atoms with Crippen LogP contribution >= 0.6 is 11.8 Å². The molecule has 26 heavy (non-hydrogen) atoms. The second-order valence-corrected chi connectivity index (χ2v) is 6.86. The quantitative estimate of drug-likeness (QED) is 0.614. The maximum atomic E-state index is 12.6. The highest BCUT2D eigenvalue weighted by atomic mass is 32.2. The molecule has 3 rings (SSSR count). The molecule has 3 aromatic rings. The van der Waals surface area contributed by atoms with Crippen LogP contribution in [-0.2, 0) is 4.79 Å². The number of rotatable bonds is 6. The maximum absolute atomic E-state index is 12.6. The summed E-state index contributed by atoms with van der Waals surface area (Å²) in [6, 6.07) is 16.9. The molecule has 0 unspecified atom stereocenters. The Labute approximate surface area is 156 Å². The molecule has 0 aliphatic carbocycles. The van der Waals surface area contributed by atoms with Crippen LogP contribution < -0.4 is 9.64 Å². The molecule has 1 atom stereocenters. The molecule has 0 fully saturated rings. The van der Waals surface area contributed by atoms with Gasteiger partial charge in [-0.15, -0.1) is 10.2 Å². The number of hydrogen-bond acceptors (Lipinski definition) is 6. The fourth-order valence-corrected chi connectivity index (χ4v) is 3.22. The summed E-state index contributed by atoms with van der Waals surface area (Å²) in [4.78, 5) is 14.2. The van der Waals surface area contributed by atoms with Gasteiger partial charge in [-0.1, -0.05) is 42.1 Å². The van der Waals surface area contributed by atoms with Crippen molar-refractivity contribution in [2.24, 2.45) is 0 Å². The van der Waals surface area contributed by atoms with Crippen molar-refractivity contribution < 1.29 is 13.9 Å². The van der Waals surface area contributed by atoms with Gasteiger partial charge in [-0.3, -0.25) is 4.79 Å². The van der Waals surface area contributed by atoms with Crippen molar-refractivity contribution in [2.75, 3.05) is 19.1 Å². The minimum atomic E-state index is -0.369. The Hall–Kier alpha value is -2.80. The molecular formula is C19H19N3O3S. The summed E-state index contributed by atoms with van der Waals surface area (Å²) in [7, 11) is 3.34. The van der Waals surface area contributed by atoms with Crippen LogP contribution in [0.1, 0.15) is 6.92 Å². The largest absolute Gasteiger partial charge is 0.496 e. The number of benzene rings is 2. The van der Waals surface area contributed by atoms with E-state index in [1.54, 1.807) is 19.1 Å². The first-order chi connectivity index (χ1) is 12.6. The molecule has 1 amide bonds. The van der Waals surface area contributed by atoms with Gasteiger partial charge in [-0.25, -0.2) is 0 Å². The summed E-state index contributed by atoms with van der Waals surface area (Å²) in [5.41, 5.74) is 1.56. The lowest BCUT2D eigenvalue weighted by Gasteiger charge is -2.20. The highest BCUT2D eigenvalue weighted by molar-refractivity contribution is 8.00. The van der Waals surface area contributed by atoms with Crippen LogP contribution in [-0.4, -0.2) is 35.5 Å². The number of methoxy groups -OCH3 is 1. The number of amides is 1. The van der Waals surface area contributed by atoms with Gasteiger partial charge >= 0.3 is 0 Å². The van der Waals surface area contributed by atoms with Gasteiger partial charge in [0.1, 0.15) is 5.75 Å². The molecule has 0 saturated carbocycles. The van der Waals surface area contributed by atoms with E-state index in [-0.39, 0.29) is 11.2 Å². The van der Waals surface area contributed by atoms with Crippen molar-refractivity contribution in [1.82, 2.24) is 10.2 Å². The van der Waals surface area contributed by atoms with E-state index in [1.165, 1.54) is 11.8 Å². The monoisotopic (exact) mass is 369 g/mol. The molecule has 7 heteroatoms. The van der Waals surface area contributed by atoms with Gasteiger partial charge in [0.25, 0.3) is 11.1 Å². The zero-order valence-electron chi connectivity index (χ0n) is 14.7. The lowest BCUT2D eigenvalue weighted by Crippen LogP contribution is -2.33. The molecule has 6 nitrogen and oxygen atoms in total. The first-order valence-electron chi connectivity index (χ1n) is 8.06. The molecule has 0 aliphatic rings. The second-order valence-electron chi connectivity index (χ2n) is 5.57. The molecule has 0 bridgehead atoms. The van der Waals surface area contributed by atoms with Crippen LogP contribution in [0.25, 0.3) is 11.5 Å². The lowest BCUT2D eigenvalue weighted by atomic mass is 10.2. The Morgan fingerprint density at radius 2 is 1.81 bits per heavy atom. The second kappa shape index (κ2) is 8.05. The smallest absolute Gasteiger partial charge is 0.277 e. The number of ether oxygens (including phenoxy) is 1. The molecule has 0 spiro atoms. The Morgan fingerprint density at radius 3 is 2.54 bits per heavy atom. The predicted molar refractivity (Wildman–Crippen MR) is 101 cm³/mol. The van der Waals surface area contributed by atoms with Crippen LogP contribution in [0, 0.1) is 0 Å². The predicted octanol–water partition coefficient (Wildman–Crippen LogP) is 3.89. The van der Waals surface area contributed by atoms with E-state index >= 15 is 0 Å². The summed E-state index contributed by atoms with van der Waals surface area (Å²) in [6.07, 6.45) is 0. The van der Waals surface area contributed by atoms with E-state index < -0.39 is 0 Å². The molecule has 1 aromatic heterocycles. The fourth-order valence-electron chi connectivity index (χ4n) is 2.44. The van der Waals surface area contributed by atoms with Gasteiger partial charge in [-0.05, 0) is 31.2 Å². The summed E-state index contributed by atoms with van der Waals surface area (Å²) in [5.74, 6) is 0.972. The van der Waals surface area contributed by atoms with E-state index in [4.69, 9.17) is 9.15 Å². The standard InChI is InChI=1S/C19H19N3O3S/c1-13(18(23)22(2)14-9-5-4-6-10-14)26-19-21-20-17(25-19)15-11-7-8-12-16(15)24-3/h4-13H,1-3H3/t13-/m1/s1. The van der Waals surface area contributed by atoms with Crippen LogP contribution in [0.4, 0.5) is 5.69 Å². The number of carbonyl (C=O) groups is 1. The van der Waals surface area contributed by atoms with Gasteiger partial charge in [0.2, 0.25) is 5.91 Å². The molecule has 0 saturated heterocycles. The van der Waals surface area contributed by atoms with Crippen molar-refractivity contribution in [3.63, 3.8) is 0 Å². The summed E-state index contributed by atoms with van der Waals surface area (Å²) >= 11 is 1.23. The molecule has 2 aromatic carbocycles. The van der Waals surface area contributed by atoms with E-state index in [0.29, 0.717) is 16.9 Å². The Bertz CT molecular complexity index is 883. The molecule has 0 radical (unpaired) electrons. The zero-order chi connectivity index (χ0) is 18.5. The molecule has 1 heterocycles. The number of para-hydroxylation sites is 2. The van der Waals surface area contributed by atoms with Crippen LogP contribution in [0.3, 0.4) is 0 Å². The lowest BCUT2D eigenvalue weighted by molar-refractivity contribution is -0.117. The van der Waals surface area contributed by atoms with Gasteiger partial charge in [0, 0.05) is 12.7 Å². The molecule has 0 aliphatic heterocycles. The SMILES string of the molecule is COc1ccccc1-c1nnc(S[C@H](C)C(=O)N(C)c2ccccc2)o1. The third kappa shape index (κ3) is 3.88. The number of anilines is 1. The average molecular weight is 369 g/mol. The topological polar surface area (TPSA) is 68.5 Å². The van der Waals surface area contributed by atoms with Crippen LogP contribution in [0.2, 0.25) is 0 Å². The number of aromatic nitrogens is 2. The minimum Gasteiger partial charge on any atom is -0.496 e. The Morgan fingerprint density at radius 1 is 1.12 bits per heavy atom. The summed E-state index contributed by atoms with van der Waals surface area (Å²) in [6.45, 7) is 1.82. The van der Waals surface area contributed by atoms with E-state index in [2.05, 4.69) is 10.2 Å². The normalized spacial score (nSPS) is 11.8. The molecule has 134 valence electrons. The van der Waals surface area contributed by atoms with Crippen LogP contribution in [0.5, 0.6) is 5.75 Å². The van der Waals surface area contributed by atoms with Gasteiger partial charge in [0.05, 0.1) is 17.9 Å². The summed E-state index contributed by atoms with van der Waals surface area (Å²) in [5, 5.41) is 8.08. The van der Waals surface area contributed by atoms with Crippen LogP contribution in [0.15, 0.2) is 64.2 Å². The third-order valence-corrected chi connectivity index (χ3v) is 4.77. The van der Waals surface area contributed by atoms with E-state index in [1.807, 2.05) is 61.5 Å². The maximum Gasteiger partial charge on any atom is 0.277 e. The number of carbonyl (C=O) groups excluding carboxylic acids is 1. The van der Waals surface area contributed by atoms with Crippen molar-refractivity contribution >= 4 is 23.4 Å². The Kier molecular flexibility index (Phi) is 5.58. The van der Waals surface area contributed by atoms with Gasteiger partial charge in [-0.2, -0.15) is 0 Å². The first kappa shape index (κ1) is 18.0. The van der Waals surface area contributed by atoms with Gasteiger partial charge < -0.3 is 14.1 Å². The number of thioether (sulfide) groups is 1. The van der Waals surface area contributed by atoms with Crippen molar-refractivity contribution in [3.05, 3.63) is 54.6 Å². The summed E-state index contributed by atoms with van der Waals surface area (Å²) < 4.78 is 11.0. The van der Waals surface area contributed by atoms with Crippen molar-refractivity contribution in [3.8, 4) is 17.2 Å². The van der Waals surface area contributed by atoms with E-state index in [9.17, 15) is 4.79 Å². The third-order valence-electron chi connectivity index (χ3n) is 3.84. The highest BCUT2D eigenvalue weighted by Gasteiger charge is 2.23. The first-order valence-corrected chi connectivity index (χ1v) is 8.94. The molecule has 0 N–H and O–H groups in total. The zero-order valence-corrected chi connectivity index (χ0v) is 15.6. The van der Waals surface area contributed by atoms with Crippen molar-refractivity contribution in [1.29, 1.82) is 0 Å². The Balaban J connectivity index is 1.71.